The molecule has 0 fully saturated rings. The summed E-state index contributed by atoms with van der Waals surface area (Å²) in [4.78, 5) is 10.4. The van der Waals surface area contributed by atoms with Crippen LogP contribution < -0.4 is 0 Å². The van der Waals surface area contributed by atoms with Crippen molar-refractivity contribution >= 4 is 57.4 Å². The van der Waals surface area contributed by atoms with Gasteiger partial charge in [0.15, 0.2) is 0 Å². The zero-order valence-electron chi connectivity index (χ0n) is 6.66. The molecule has 0 aliphatic rings. The average molecular weight is 175 g/mol. The van der Waals surface area contributed by atoms with Crippen molar-refractivity contribution in [1.82, 2.24) is 0 Å². The first kappa shape index (κ1) is 11.3. The number of hydrogen-bond acceptors (Lipinski definition) is 1. The fourth-order valence-electron chi connectivity index (χ4n) is 0.813. The molecule has 0 atom stereocenters. The molecule has 0 aromatic heterocycles. The fraction of sp³-hybridized carbons (Fsp3) is 0.125. The van der Waals surface area contributed by atoms with Crippen molar-refractivity contribution < 1.29 is 9.90 Å². The predicted molar refractivity (Wildman–Crippen MR) is 43.9 cm³/mol. The quantitative estimate of drug-likeness (QED) is 0.653. The van der Waals surface area contributed by atoms with Crippen LogP contribution in [0.2, 0.25) is 0 Å². The SMILES string of the molecule is Cc1ccccc1C(=O)O.[K]. The van der Waals surface area contributed by atoms with Crippen molar-refractivity contribution in [3.8, 4) is 0 Å². The van der Waals surface area contributed by atoms with Crippen LogP contribution in [0.3, 0.4) is 0 Å². The third-order valence-electron chi connectivity index (χ3n) is 1.38. The van der Waals surface area contributed by atoms with Gasteiger partial charge in [-0.25, -0.2) is 4.79 Å². The number of aryl methyl sites for hydroxylation is 1. The Balaban J connectivity index is 0.000001000. The van der Waals surface area contributed by atoms with E-state index in [0.717, 1.165) is 5.56 Å². The molecule has 53 valence electrons. The topological polar surface area (TPSA) is 37.3 Å². The minimum atomic E-state index is -0.863. The predicted octanol–water partition coefficient (Wildman–Crippen LogP) is 1.31. The molecule has 0 saturated carbocycles. The van der Waals surface area contributed by atoms with Gasteiger partial charge in [0.1, 0.15) is 0 Å². The molecule has 0 aliphatic heterocycles. The Morgan fingerprint density at radius 2 is 1.91 bits per heavy atom. The summed E-state index contributed by atoms with van der Waals surface area (Å²) in [5.41, 5.74) is 1.18. The standard InChI is InChI=1S/C8H8O2.K/c1-6-4-2-3-5-7(6)8(9)10;/h2-5H,1H3,(H,9,10);. The van der Waals surface area contributed by atoms with Gasteiger partial charge in [0.25, 0.3) is 0 Å². The van der Waals surface area contributed by atoms with Crippen LogP contribution in [-0.4, -0.2) is 62.5 Å². The van der Waals surface area contributed by atoms with E-state index < -0.39 is 5.97 Å². The van der Waals surface area contributed by atoms with Crippen LogP contribution in [0.15, 0.2) is 24.3 Å². The Morgan fingerprint density at radius 3 is 2.27 bits per heavy atom. The van der Waals surface area contributed by atoms with Gasteiger partial charge in [-0.2, -0.15) is 0 Å². The Kier molecular flexibility index (Phi) is 5.21. The number of carboxylic acid groups (broad SMARTS) is 1. The van der Waals surface area contributed by atoms with E-state index in [0.29, 0.717) is 5.56 Å². The maximum absolute atomic E-state index is 10.4. The Labute approximate surface area is 108 Å². The van der Waals surface area contributed by atoms with Gasteiger partial charge in [-0.3, -0.25) is 0 Å². The summed E-state index contributed by atoms with van der Waals surface area (Å²) in [7, 11) is 0. The summed E-state index contributed by atoms with van der Waals surface area (Å²) in [5, 5.41) is 8.57. The molecule has 0 unspecified atom stereocenters. The van der Waals surface area contributed by atoms with E-state index in [4.69, 9.17) is 5.11 Å². The molecule has 0 saturated heterocycles. The summed E-state index contributed by atoms with van der Waals surface area (Å²) in [6.45, 7) is 1.78. The van der Waals surface area contributed by atoms with Gasteiger partial charge >= 0.3 is 5.97 Å². The van der Waals surface area contributed by atoms with E-state index in [9.17, 15) is 4.79 Å². The van der Waals surface area contributed by atoms with Crippen LogP contribution in [0, 0.1) is 6.92 Å². The van der Waals surface area contributed by atoms with E-state index >= 15 is 0 Å². The third-order valence-corrected chi connectivity index (χ3v) is 1.38. The van der Waals surface area contributed by atoms with Crippen LogP contribution in [0.5, 0.6) is 0 Å². The normalized spacial score (nSPS) is 8.45. The first-order valence-electron chi connectivity index (χ1n) is 3.01. The fourth-order valence-corrected chi connectivity index (χ4v) is 0.813. The maximum atomic E-state index is 10.4. The van der Waals surface area contributed by atoms with E-state index in [1.165, 1.54) is 0 Å². The first-order valence-corrected chi connectivity index (χ1v) is 3.01. The van der Waals surface area contributed by atoms with Gasteiger partial charge in [0.2, 0.25) is 0 Å². The number of rotatable bonds is 1. The van der Waals surface area contributed by atoms with E-state index in [1.807, 2.05) is 6.07 Å². The smallest absolute Gasteiger partial charge is 0.335 e. The second-order valence-electron chi connectivity index (χ2n) is 2.12. The number of carbonyl (C=O) groups is 1. The summed E-state index contributed by atoms with van der Waals surface area (Å²) in [6, 6.07) is 6.92. The summed E-state index contributed by atoms with van der Waals surface area (Å²) in [5.74, 6) is -0.863. The van der Waals surface area contributed by atoms with Gasteiger partial charge in [0, 0.05) is 51.4 Å². The molecular weight excluding hydrogens is 167 g/mol. The first-order chi connectivity index (χ1) is 4.72. The molecule has 2 nitrogen and oxygen atoms in total. The molecule has 0 heterocycles. The molecule has 0 amide bonds. The Bertz CT molecular complexity index is 258. The van der Waals surface area contributed by atoms with E-state index in [2.05, 4.69) is 0 Å². The average Bonchev–Trinajstić information content (AvgIpc) is 1.88. The van der Waals surface area contributed by atoms with Crippen molar-refractivity contribution in [3.05, 3.63) is 35.4 Å². The molecule has 0 bridgehead atoms. The summed E-state index contributed by atoms with van der Waals surface area (Å²) < 4.78 is 0. The minimum Gasteiger partial charge on any atom is -0.478 e. The molecule has 0 spiro atoms. The summed E-state index contributed by atoms with van der Waals surface area (Å²) in [6.07, 6.45) is 0. The molecule has 1 N–H and O–H groups in total. The van der Waals surface area contributed by atoms with Crippen LogP contribution in [0.1, 0.15) is 15.9 Å². The molecule has 1 radical (unpaired) electrons. The zero-order valence-corrected chi connectivity index (χ0v) is 9.79. The Morgan fingerprint density at radius 1 is 1.36 bits per heavy atom. The molecule has 11 heavy (non-hydrogen) atoms. The van der Waals surface area contributed by atoms with Crippen LogP contribution in [0.4, 0.5) is 0 Å². The second-order valence-corrected chi connectivity index (χ2v) is 2.12. The van der Waals surface area contributed by atoms with Crippen molar-refractivity contribution in [2.75, 3.05) is 0 Å². The number of carboxylic acids is 1. The molecule has 1 aromatic carbocycles. The number of aromatic carboxylic acids is 1. The van der Waals surface area contributed by atoms with Gasteiger partial charge in [-0.05, 0) is 18.6 Å². The largest absolute Gasteiger partial charge is 0.478 e. The van der Waals surface area contributed by atoms with Crippen molar-refractivity contribution in [3.63, 3.8) is 0 Å². The van der Waals surface area contributed by atoms with Crippen molar-refractivity contribution in [2.45, 2.75) is 6.92 Å². The van der Waals surface area contributed by atoms with Crippen molar-refractivity contribution in [1.29, 1.82) is 0 Å². The maximum Gasteiger partial charge on any atom is 0.335 e. The molecular formula is C8H8KO2. The number of benzene rings is 1. The van der Waals surface area contributed by atoms with Gasteiger partial charge in [0.05, 0.1) is 5.56 Å². The van der Waals surface area contributed by atoms with Gasteiger partial charge in [-0.15, -0.1) is 0 Å². The number of hydrogen-bond donors (Lipinski definition) is 1. The second kappa shape index (κ2) is 5.06. The third kappa shape index (κ3) is 3.05. The minimum absolute atomic E-state index is 0. The van der Waals surface area contributed by atoms with Gasteiger partial charge < -0.3 is 5.11 Å². The van der Waals surface area contributed by atoms with Crippen LogP contribution >= 0.6 is 0 Å². The summed E-state index contributed by atoms with van der Waals surface area (Å²) >= 11 is 0. The van der Waals surface area contributed by atoms with E-state index in [1.54, 1.807) is 25.1 Å². The molecule has 1 rings (SSSR count). The van der Waals surface area contributed by atoms with Crippen LogP contribution in [0.25, 0.3) is 0 Å². The molecule has 3 heteroatoms. The molecule has 0 aliphatic carbocycles. The van der Waals surface area contributed by atoms with E-state index in [-0.39, 0.29) is 51.4 Å². The van der Waals surface area contributed by atoms with Crippen LogP contribution in [-0.2, 0) is 0 Å². The van der Waals surface area contributed by atoms with Gasteiger partial charge in [-0.1, -0.05) is 18.2 Å². The zero-order chi connectivity index (χ0) is 7.56. The molecule has 1 aromatic rings. The monoisotopic (exact) mass is 175 g/mol. The van der Waals surface area contributed by atoms with Crippen molar-refractivity contribution in [2.24, 2.45) is 0 Å². The Hall–Kier alpha value is 0.326.